The maximum atomic E-state index is 13.2. The number of carbonyl (C=O) groups is 3. The van der Waals surface area contributed by atoms with E-state index in [4.69, 9.17) is 10.8 Å². The Morgan fingerprint density at radius 3 is 2.33 bits per heavy atom. The second-order valence-electron chi connectivity index (χ2n) is 9.77. The number of aromatic nitrogens is 3. The van der Waals surface area contributed by atoms with Gasteiger partial charge in [-0.2, -0.15) is 0 Å². The lowest BCUT2D eigenvalue weighted by atomic mass is 10.1. The van der Waals surface area contributed by atoms with Crippen LogP contribution in [0.5, 0.6) is 0 Å². The van der Waals surface area contributed by atoms with E-state index in [0.29, 0.717) is 5.56 Å². The smallest absolute Gasteiger partial charge is 0.335 e. The Hall–Kier alpha value is -6.05. The minimum absolute atomic E-state index is 0.0379. The lowest BCUT2D eigenvalue weighted by Gasteiger charge is -2.15. The number of aromatic carboxylic acids is 1. The van der Waals surface area contributed by atoms with Gasteiger partial charge < -0.3 is 26.8 Å². The number of nitrogen functional groups attached to an aromatic ring is 1. The summed E-state index contributed by atoms with van der Waals surface area (Å²) in [6.45, 7) is 2.03. The van der Waals surface area contributed by atoms with Gasteiger partial charge >= 0.3 is 5.97 Å². The summed E-state index contributed by atoms with van der Waals surface area (Å²) in [7, 11) is 0. The Labute approximate surface area is 241 Å². The van der Waals surface area contributed by atoms with Crippen LogP contribution in [0.15, 0.2) is 75.0 Å². The number of anilines is 2. The molecule has 14 nitrogen and oxygen atoms in total. The third-order valence-electron chi connectivity index (χ3n) is 6.79. The Balaban J connectivity index is 1.29. The lowest BCUT2D eigenvalue weighted by molar-refractivity contribution is 0.0696. The van der Waals surface area contributed by atoms with Crippen LogP contribution in [0.4, 0.5) is 11.4 Å². The molecule has 218 valence electrons. The highest BCUT2D eigenvalue weighted by Gasteiger charge is 2.20. The number of nitrogens with zero attached hydrogens (tertiary/aromatic N) is 2. The number of carboxylic acid groups (broad SMARTS) is 1. The first-order chi connectivity index (χ1) is 20.5. The van der Waals surface area contributed by atoms with E-state index >= 15 is 0 Å². The standard InChI is InChI=1S/C29H25N7O7/c1-14(17-5-7-18(8-6-17)29(42)43)33-27(40)19-10-20(36-21(34-19)11-22(37)35-36)28(41)32-13-16-4-2-3-15(9-16)12-31-24-23(30)25(38)26(24)39/h2-11,14,31H,12-13,30H2,1H3,(H,32,41)(H,33,40)(H,35,37)(H,42,43)/t14-/m0/s1. The molecule has 2 heterocycles. The van der Waals surface area contributed by atoms with E-state index in [1.54, 1.807) is 43.3 Å². The van der Waals surface area contributed by atoms with Crippen LogP contribution >= 0.6 is 0 Å². The van der Waals surface area contributed by atoms with Crippen molar-refractivity contribution in [2.24, 2.45) is 0 Å². The first-order valence-electron chi connectivity index (χ1n) is 13.0. The molecule has 0 saturated carbocycles. The number of hydrogen-bond acceptors (Lipinski definition) is 9. The zero-order valence-corrected chi connectivity index (χ0v) is 22.6. The largest absolute Gasteiger partial charge is 0.478 e. The number of amides is 2. The summed E-state index contributed by atoms with van der Waals surface area (Å²) in [5.41, 5.74) is 5.80. The molecule has 0 aliphatic carbocycles. The van der Waals surface area contributed by atoms with Gasteiger partial charge in [0.2, 0.25) is 0 Å². The van der Waals surface area contributed by atoms with Crippen molar-refractivity contribution in [2.45, 2.75) is 26.1 Å². The van der Waals surface area contributed by atoms with Crippen LogP contribution in [0, 0.1) is 0 Å². The highest BCUT2D eigenvalue weighted by Crippen LogP contribution is 2.16. The fourth-order valence-electron chi connectivity index (χ4n) is 4.45. The number of rotatable bonds is 10. The number of nitrogens with two attached hydrogens (primary N) is 1. The Bertz CT molecular complexity index is 2020. The van der Waals surface area contributed by atoms with E-state index in [-0.39, 0.29) is 47.1 Å². The van der Waals surface area contributed by atoms with E-state index in [2.05, 4.69) is 26.0 Å². The van der Waals surface area contributed by atoms with Crippen molar-refractivity contribution >= 4 is 34.8 Å². The van der Waals surface area contributed by atoms with Gasteiger partial charge in [-0.1, -0.05) is 36.4 Å². The van der Waals surface area contributed by atoms with Crippen molar-refractivity contribution in [3.8, 4) is 0 Å². The molecule has 2 amide bonds. The molecule has 5 rings (SSSR count). The predicted octanol–water partition coefficient (Wildman–Crippen LogP) is 0.932. The van der Waals surface area contributed by atoms with Crippen LogP contribution in [0.2, 0.25) is 0 Å². The molecule has 1 atom stereocenters. The van der Waals surface area contributed by atoms with Gasteiger partial charge in [0.25, 0.3) is 28.2 Å². The quantitative estimate of drug-likeness (QED) is 0.128. The fraction of sp³-hybridized carbons (Fsp3) is 0.138. The minimum Gasteiger partial charge on any atom is -0.478 e. The van der Waals surface area contributed by atoms with Crippen LogP contribution in [-0.2, 0) is 13.1 Å². The van der Waals surface area contributed by atoms with E-state index in [1.807, 2.05) is 0 Å². The van der Waals surface area contributed by atoms with Crippen molar-refractivity contribution in [2.75, 3.05) is 11.1 Å². The van der Waals surface area contributed by atoms with Crippen molar-refractivity contribution in [3.05, 3.63) is 125 Å². The second-order valence-corrected chi connectivity index (χ2v) is 9.77. The average Bonchev–Trinajstić information content (AvgIpc) is 3.39. The lowest BCUT2D eigenvalue weighted by Crippen LogP contribution is -2.36. The SMILES string of the molecule is C[C@H](NC(=O)c1cc(C(=O)NCc2cccc(CNc3c(N)c(=O)c3=O)c2)n2[nH]c(=O)cc2n1)c1ccc(C(=O)O)cc1. The van der Waals surface area contributed by atoms with Crippen molar-refractivity contribution in [1.29, 1.82) is 0 Å². The monoisotopic (exact) mass is 583 g/mol. The molecule has 7 N–H and O–H groups in total. The first kappa shape index (κ1) is 28.5. The maximum Gasteiger partial charge on any atom is 0.335 e. The van der Waals surface area contributed by atoms with Gasteiger partial charge in [-0.15, -0.1) is 0 Å². The number of carboxylic acids is 1. The molecule has 0 unspecified atom stereocenters. The summed E-state index contributed by atoms with van der Waals surface area (Å²) in [5.74, 6) is -2.27. The van der Waals surface area contributed by atoms with Crippen molar-refractivity contribution < 1.29 is 19.5 Å². The molecular formula is C29H25N7O7. The van der Waals surface area contributed by atoms with Gasteiger partial charge in [-0.3, -0.25) is 29.1 Å². The molecule has 0 fully saturated rings. The minimum atomic E-state index is -1.07. The zero-order chi connectivity index (χ0) is 30.8. The van der Waals surface area contributed by atoms with E-state index < -0.39 is 40.2 Å². The van der Waals surface area contributed by atoms with E-state index in [9.17, 15) is 28.8 Å². The Morgan fingerprint density at radius 1 is 0.953 bits per heavy atom. The topological polar surface area (TPSA) is 218 Å². The zero-order valence-electron chi connectivity index (χ0n) is 22.6. The van der Waals surface area contributed by atoms with Gasteiger partial charge in [-0.25, -0.2) is 14.3 Å². The molecule has 3 aromatic carbocycles. The van der Waals surface area contributed by atoms with Crippen LogP contribution in [0.25, 0.3) is 5.65 Å². The number of benzene rings is 2. The number of nitrogens with one attached hydrogen (secondary N) is 4. The summed E-state index contributed by atoms with van der Waals surface area (Å²) in [6.07, 6.45) is 0. The third kappa shape index (κ3) is 5.88. The molecule has 43 heavy (non-hydrogen) atoms. The number of fused-ring (bicyclic) bond motifs is 1. The number of H-pyrrole nitrogens is 1. The third-order valence-corrected chi connectivity index (χ3v) is 6.79. The van der Waals surface area contributed by atoms with Crippen LogP contribution in [0.1, 0.15) is 61.0 Å². The van der Waals surface area contributed by atoms with Gasteiger partial charge in [0.05, 0.1) is 11.6 Å². The molecule has 0 radical (unpaired) electrons. The van der Waals surface area contributed by atoms with Gasteiger partial charge in [-0.05, 0) is 35.7 Å². The van der Waals surface area contributed by atoms with Crippen LogP contribution in [0.3, 0.4) is 0 Å². The summed E-state index contributed by atoms with van der Waals surface area (Å²) >= 11 is 0. The predicted molar refractivity (Wildman–Crippen MR) is 156 cm³/mol. The number of aromatic amines is 1. The molecule has 0 aliphatic rings. The molecule has 14 heteroatoms. The van der Waals surface area contributed by atoms with Gasteiger partial charge in [0, 0.05) is 25.2 Å². The van der Waals surface area contributed by atoms with Gasteiger partial charge in [0.1, 0.15) is 22.8 Å². The van der Waals surface area contributed by atoms with Crippen LogP contribution < -0.4 is 38.1 Å². The molecule has 0 spiro atoms. The normalized spacial score (nSPS) is 11.7. The summed E-state index contributed by atoms with van der Waals surface area (Å²) in [6, 6.07) is 15.0. The van der Waals surface area contributed by atoms with Crippen molar-refractivity contribution in [1.82, 2.24) is 25.2 Å². The second kappa shape index (κ2) is 11.4. The summed E-state index contributed by atoms with van der Waals surface area (Å²) < 4.78 is 1.18. The number of hydrogen-bond donors (Lipinski definition) is 6. The summed E-state index contributed by atoms with van der Waals surface area (Å²) in [5, 5.41) is 20.0. The molecule has 5 aromatic rings. The van der Waals surface area contributed by atoms with Crippen molar-refractivity contribution in [3.63, 3.8) is 0 Å². The first-order valence-corrected chi connectivity index (χ1v) is 13.0. The number of carbonyl (C=O) groups excluding carboxylic acids is 2. The highest BCUT2D eigenvalue weighted by atomic mass is 16.4. The van der Waals surface area contributed by atoms with E-state index in [0.717, 1.165) is 17.2 Å². The van der Waals surface area contributed by atoms with Gasteiger partial charge in [0.15, 0.2) is 5.65 Å². The molecule has 0 aliphatic heterocycles. The molecule has 2 aromatic heterocycles. The molecule has 0 saturated heterocycles. The fourth-order valence-corrected chi connectivity index (χ4v) is 4.45. The molecule has 0 bridgehead atoms. The summed E-state index contributed by atoms with van der Waals surface area (Å²) in [4.78, 5) is 76.6. The van der Waals surface area contributed by atoms with E-state index in [1.165, 1.54) is 22.7 Å². The highest BCUT2D eigenvalue weighted by molar-refractivity contribution is 5.98. The maximum absolute atomic E-state index is 13.2. The Kier molecular flexibility index (Phi) is 7.58. The Morgan fingerprint density at radius 2 is 1.65 bits per heavy atom. The average molecular weight is 584 g/mol. The molecular weight excluding hydrogens is 558 g/mol. The van der Waals surface area contributed by atoms with Crippen LogP contribution in [-0.4, -0.2) is 37.5 Å².